The molecule has 1 heterocycles. The molecule has 1 aliphatic heterocycles. The maximum absolute atomic E-state index is 12.4. The summed E-state index contributed by atoms with van der Waals surface area (Å²) in [6.07, 6.45) is 0.877. The van der Waals surface area contributed by atoms with Crippen molar-refractivity contribution in [1.29, 1.82) is 0 Å². The molecule has 6 nitrogen and oxygen atoms in total. The number of hydrogen-bond donors (Lipinski definition) is 1. The van der Waals surface area contributed by atoms with Crippen molar-refractivity contribution >= 4 is 24.0 Å². The number of carbonyl (C=O) groups excluding carboxylic acids is 1. The van der Waals surface area contributed by atoms with Gasteiger partial charge in [0.2, 0.25) is 0 Å². The van der Waals surface area contributed by atoms with Gasteiger partial charge < -0.3 is 10.2 Å². The SMILES string of the molecule is Cc1cccc(C(=O)N(C)C2CCNC2)c1[N+](=O)[O-].Cl. The zero-order valence-corrected chi connectivity index (χ0v) is 12.3. The van der Waals surface area contributed by atoms with Crippen molar-refractivity contribution in [1.82, 2.24) is 10.2 Å². The van der Waals surface area contributed by atoms with Gasteiger partial charge in [0, 0.05) is 25.2 Å². The lowest BCUT2D eigenvalue weighted by Gasteiger charge is -2.23. The number of benzene rings is 1. The van der Waals surface area contributed by atoms with Crippen LogP contribution in [0, 0.1) is 17.0 Å². The maximum atomic E-state index is 12.4. The Morgan fingerprint density at radius 2 is 2.20 bits per heavy atom. The molecule has 110 valence electrons. The average Bonchev–Trinajstić information content (AvgIpc) is 2.90. The molecule has 1 atom stereocenters. The van der Waals surface area contributed by atoms with Crippen LogP contribution in [0.4, 0.5) is 5.69 Å². The number of para-hydroxylation sites is 1. The van der Waals surface area contributed by atoms with E-state index in [1.54, 1.807) is 31.0 Å². The maximum Gasteiger partial charge on any atom is 0.285 e. The summed E-state index contributed by atoms with van der Waals surface area (Å²) in [5.74, 6) is -0.288. The standard InChI is InChI=1S/C13H17N3O3.ClH/c1-9-4-3-5-11(12(9)16(18)19)13(17)15(2)10-6-7-14-8-10;/h3-5,10,14H,6-8H2,1-2H3;1H. The van der Waals surface area contributed by atoms with E-state index < -0.39 is 4.92 Å². The highest BCUT2D eigenvalue weighted by Crippen LogP contribution is 2.25. The fourth-order valence-electron chi connectivity index (χ4n) is 2.40. The van der Waals surface area contributed by atoms with Gasteiger partial charge in [0.15, 0.2) is 0 Å². The van der Waals surface area contributed by atoms with Gasteiger partial charge in [0.1, 0.15) is 5.56 Å². The van der Waals surface area contributed by atoms with Gasteiger partial charge in [-0.2, -0.15) is 0 Å². The predicted molar refractivity (Wildman–Crippen MR) is 78.4 cm³/mol. The van der Waals surface area contributed by atoms with Crippen molar-refractivity contribution in [2.24, 2.45) is 0 Å². The van der Waals surface area contributed by atoms with Gasteiger partial charge in [-0.25, -0.2) is 0 Å². The van der Waals surface area contributed by atoms with Crippen LogP contribution < -0.4 is 5.32 Å². The molecule has 0 aromatic heterocycles. The minimum atomic E-state index is -0.483. The minimum Gasteiger partial charge on any atom is -0.337 e. The van der Waals surface area contributed by atoms with E-state index in [2.05, 4.69) is 5.32 Å². The summed E-state index contributed by atoms with van der Waals surface area (Å²) in [5.41, 5.74) is 0.582. The fraction of sp³-hybridized carbons (Fsp3) is 0.462. The summed E-state index contributed by atoms with van der Waals surface area (Å²) in [7, 11) is 1.70. The number of rotatable bonds is 3. The number of nitrogens with one attached hydrogen (secondary N) is 1. The Morgan fingerprint density at radius 3 is 2.75 bits per heavy atom. The summed E-state index contributed by atoms with van der Waals surface area (Å²) in [6, 6.07) is 4.95. The van der Waals surface area contributed by atoms with E-state index in [1.807, 2.05) is 0 Å². The first kappa shape index (κ1) is 16.4. The van der Waals surface area contributed by atoms with Crippen molar-refractivity contribution < 1.29 is 9.72 Å². The van der Waals surface area contributed by atoms with Crippen LogP contribution >= 0.6 is 12.4 Å². The summed E-state index contributed by atoms with van der Waals surface area (Å²) in [4.78, 5) is 24.6. The first-order valence-electron chi connectivity index (χ1n) is 6.24. The Kier molecular flexibility index (Phi) is 5.47. The molecule has 0 bridgehead atoms. The molecule has 0 radical (unpaired) electrons. The molecule has 0 saturated carbocycles. The molecule has 1 N–H and O–H groups in total. The second-order valence-corrected chi connectivity index (χ2v) is 4.79. The summed E-state index contributed by atoms with van der Waals surface area (Å²) in [5, 5.41) is 14.3. The van der Waals surface area contributed by atoms with Crippen LogP contribution in [0.2, 0.25) is 0 Å². The van der Waals surface area contributed by atoms with Gasteiger partial charge in [-0.3, -0.25) is 14.9 Å². The Balaban J connectivity index is 0.00000200. The second-order valence-electron chi connectivity index (χ2n) is 4.79. The highest BCUT2D eigenvalue weighted by atomic mass is 35.5. The van der Waals surface area contributed by atoms with Crippen LogP contribution in [0.15, 0.2) is 18.2 Å². The van der Waals surface area contributed by atoms with E-state index in [-0.39, 0.29) is 35.6 Å². The average molecular weight is 300 g/mol. The van der Waals surface area contributed by atoms with E-state index in [0.29, 0.717) is 5.56 Å². The lowest BCUT2D eigenvalue weighted by Crippen LogP contribution is -2.38. The third-order valence-corrected chi connectivity index (χ3v) is 3.55. The summed E-state index contributed by atoms with van der Waals surface area (Å²) in [6.45, 7) is 3.26. The summed E-state index contributed by atoms with van der Waals surface area (Å²) >= 11 is 0. The molecule has 1 aromatic rings. The van der Waals surface area contributed by atoms with Crippen molar-refractivity contribution in [2.75, 3.05) is 20.1 Å². The molecule has 1 aliphatic rings. The summed E-state index contributed by atoms with van der Waals surface area (Å²) < 4.78 is 0. The van der Waals surface area contributed by atoms with E-state index in [0.717, 1.165) is 19.5 Å². The Labute approximate surface area is 123 Å². The van der Waals surface area contributed by atoms with Crippen LogP contribution in [-0.4, -0.2) is 41.9 Å². The van der Waals surface area contributed by atoms with E-state index in [4.69, 9.17) is 0 Å². The zero-order valence-electron chi connectivity index (χ0n) is 11.5. The number of halogens is 1. The highest BCUT2D eigenvalue weighted by Gasteiger charge is 2.29. The third-order valence-electron chi connectivity index (χ3n) is 3.55. The molecule has 1 fully saturated rings. The van der Waals surface area contributed by atoms with Gasteiger partial charge in [-0.15, -0.1) is 12.4 Å². The Bertz CT molecular complexity index is 516. The molecular formula is C13H18ClN3O3. The van der Waals surface area contributed by atoms with Crippen molar-refractivity contribution in [3.63, 3.8) is 0 Å². The molecule has 20 heavy (non-hydrogen) atoms. The zero-order chi connectivity index (χ0) is 14.0. The first-order valence-corrected chi connectivity index (χ1v) is 6.24. The highest BCUT2D eigenvalue weighted by molar-refractivity contribution is 5.98. The number of aryl methyl sites for hydroxylation is 1. The van der Waals surface area contributed by atoms with Crippen LogP contribution in [0.5, 0.6) is 0 Å². The van der Waals surface area contributed by atoms with Gasteiger partial charge in [-0.1, -0.05) is 12.1 Å². The van der Waals surface area contributed by atoms with Crippen LogP contribution in [0.1, 0.15) is 22.3 Å². The molecule has 2 rings (SSSR count). The van der Waals surface area contributed by atoms with Gasteiger partial charge in [0.05, 0.1) is 4.92 Å². The monoisotopic (exact) mass is 299 g/mol. The molecule has 7 heteroatoms. The van der Waals surface area contributed by atoms with Gasteiger partial charge in [0.25, 0.3) is 11.6 Å². The number of hydrogen-bond acceptors (Lipinski definition) is 4. The number of nitrogens with zero attached hydrogens (tertiary/aromatic N) is 2. The molecule has 0 spiro atoms. The van der Waals surface area contributed by atoms with Crippen LogP contribution in [0.3, 0.4) is 0 Å². The lowest BCUT2D eigenvalue weighted by atomic mass is 10.1. The topological polar surface area (TPSA) is 75.5 Å². The largest absolute Gasteiger partial charge is 0.337 e. The van der Waals surface area contributed by atoms with E-state index >= 15 is 0 Å². The Morgan fingerprint density at radius 1 is 1.50 bits per heavy atom. The molecule has 0 aliphatic carbocycles. The first-order chi connectivity index (χ1) is 9.02. The number of carbonyl (C=O) groups is 1. The third kappa shape index (κ3) is 3.08. The number of nitro benzene ring substituents is 1. The predicted octanol–water partition coefficient (Wildman–Crippen LogP) is 1.76. The minimum absolute atomic E-state index is 0. The molecular weight excluding hydrogens is 282 g/mol. The normalized spacial score (nSPS) is 17.4. The molecule has 1 amide bonds. The Hall–Kier alpha value is -1.66. The van der Waals surface area contributed by atoms with Gasteiger partial charge in [-0.05, 0) is 26.0 Å². The quantitative estimate of drug-likeness (QED) is 0.681. The van der Waals surface area contributed by atoms with Crippen molar-refractivity contribution in [3.8, 4) is 0 Å². The molecule has 1 unspecified atom stereocenters. The molecule has 1 saturated heterocycles. The van der Waals surface area contributed by atoms with E-state index in [1.165, 1.54) is 6.07 Å². The van der Waals surface area contributed by atoms with Crippen molar-refractivity contribution in [3.05, 3.63) is 39.4 Å². The number of nitro groups is 1. The number of amides is 1. The number of likely N-dealkylation sites (N-methyl/N-ethyl adjacent to an activating group) is 1. The van der Waals surface area contributed by atoms with Crippen LogP contribution in [0.25, 0.3) is 0 Å². The van der Waals surface area contributed by atoms with Crippen LogP contribution in [-0.2, 0) is 0 Å². The smallest absolute Gasteiger partial charge is 0.285 e. The van der Waals surface area contributed by atoms with Gasteiger partial charge >= 0.3 is 0 Å². The van der Waals surface area contributed by atoms with E-state index in [9.17, 15) is 14.9 Å². The van der Waals surface area contributed by atoms with Crippen molar-refractivity contribution in [2.45, 2.75) is 19.4 Å². The lowest BCUT2D eigenvalue weighted by molar-refractivity contribution is -0.385. The molecule has 1 aromatic carbocycles. The fourth-order valence-corrected chi connectivity index (χ4v) is 2.40. The second kappa shape index (κ2) is 6.67.